The summed E-state index contributed by atoms with van der Waals surface area (Å²) in [5.41, 5.74) is 0. The number of unbranched alkanes of at least 4 members (excludes halogenated alkanes) is 29. The van der Waals surface area contributed by atoms with Crippen LogP contribution in [0.3, 0.4) is 0 Å². The van der Waals surface area contributed by atoms with E-state index in [1.165, 1.54) is 96.3 Å². The third-order valence-electron chi connectivity index (χ3n) is 14.1. The molecule has 0 radical (unpaired) electrons. The number of carbonyl (C=O) groups excluding carboxylic acids is 3. The molecular formula is C65H112O12. The minimum atomic E-state index is -1.91. The zero-order chi connectivity index (χ0) is 56.1. The van der Waals surface area contributed by atoms with Crippen LogP contribution < -0.4 is 0 Å². The highest BCUT2D eigenvalue weighted by Gasteiger charge is 2.50. The number of esters is 3. The van der Waals surface area contributed by atoms with Crippen LogP contribution in [0.5, 0.6) is 0 Å². The summed E-state index contributed by atoms with van der Waals surface area (Å²) in [7, 11) is 0. The molecule has 3 N–H and O–H groups in total. The van der Waals surface area contributed by atoms with E-state index in [4.69, 9.17) is 23.7 Å². The average molecular weight is 1090 g/mol. The molecule has 0 aromatic carbocycles. The Balaban J connectivity index is 2.67. The van der Waals surface area contributed by atoms with Crippen molar-refractivity contribution in [1.82, 2.24) is 0 Å². The molecule has 0 aromatic rings. The number of aliphatic hydroxyl groups excluding tert-OH is 2. The molecule has 6 unspecified atom stereocenters. The molecule has 444 valence electrons. The second-order valence-electron chi connectivity index (χ2n) is 21.3. The molecular weight excluding hydrogens is 973 g/mol. The highest BCUT2D eigenvalue weighted by Crippen LogP contribution is 2.26. The first-order valence-corrected chi connectivity index (χ1v) is 31.3. The number of aliphatic carboxylic acids is 1. The standard InChI is InChI=1S/C65H112O12/c1-4-7-10-13-16-19-22-25-27-28-29-30-32-35-38-41-44-47-50-53-59(68)76-63-61(70)60(69)62(64(71)72)77-65(63)74-55-56(75-58(67)52-49-46-43-40-37-33-24-21-18-15-12-9-6-3)54-73-57(66)51-48-45-42-39-36-34-31-26-23-20-17-14-11-8-5-2/h7,10,16,19,25-27,29-31,56,60-63,65,69-70H,4-6,8-9,11-15,17-18,20-24,28,32-55H2,1-3H3,(H,71,72)/b10-7-,19-16-,27-25-,30-29-,31-26-. The van der Waals surface area contributed by atoms with Crippen molar-refractivity contribution in [2.24, 2.45) is 0 Å². The van der Waals surface area contributed by atoms with Gasteiger partial charge in [-0.2, -0.15) is 0 Å². The summed E-state index contributed by atoms with van der Waals surface area (Å²) in [4.78, 5) is 51.2. The normalized spacial score (nSPS) is 18.4. The number of carboxylic acid groups (broad SMARTS) is 1. The van der Waals surface area contributed by atoms with Gasteiger partial charge in [-0.25, -0.2) is 4.79 Å². The summed E-state index contributed by atoms with van der Waals surface area (Å²) >= 11 is 0. The molecule has 0 amide bonds. The number of hydrogen-bond acceptors (Lipinski definition) is 11. The second-order valence-corrected chi connectivity index (χ2v) is 21.3. The van der Waals surface area contributed by atoms with Gasteiger partial charge < -0.3 is 39.0 Å². The lowest BCUT2D eigenvalue weighted by Gasteiger charge is -2.40. The zero-order valence-electron chi connectivity index (χ0n) is 49.0. The van der Waals surface area contributed by atoms with Crippen molar-refractivity contribution in [3.8, 4) is 0 Å². The van der Waals surface area contributed by atoms with Crippen molar-refractivity contribution in [2.75, 3.05) is 13.2 Å². The largest absolute Gasteiger partial charge is 0.479 e. The van der Waals surface area contributed by atoms with Crippen LogP contribution in [-0.2, 0) is 42.9 Å². The van der Waals surface area contributed by atoms with Crippen molar-refractivity contribution >= 4 is 23.9 Å². The SMILES string of the molecule is CC/C=C\C/C=C\C/C=C\C/C=C\CCCCCCCCC(=O)OC1C(OCC(COC(=O)CCCCCCC/C=C\CCCCCCCC)OC(=O)CCCCCCCCCCCCCCC)OC(C(=O)O)C(O)C1O. The van der Waals surface area contributed by atoms with Crippen molar-refractivity contribution in [3.63, 3.8) is 0 Å². The van der Waals surface area contributed by atoms with Gasteiger partial charge in [0, 0.05) is 19.3 Å². The third-order valence-corrected chi connectivity index (χ3v) is 14.1. The first kappa shape index (κ1) is 71.4. The Kier molecular flexibility index (Phi) is 49.2. The lowest BCUT2D eigenvalue weighted by atomic mass is 9.98. The monoisotopic (exact) mass is 1080 g/mol. The molecule has 0 saturated carbocycles. The maximum atomic E-state index is 13.2. The summed E-state index contributed by atoms with van der Waals surface area (Å²) in [6, 6.07) is 0. The Morgan fingerprint density at radius 3 is 1.26 bits per heavy atom. The number of ether oxygens (including phenoxy) is 5. The molecule has 0 aliphatic carbocycles. The van der Waals surface area contributed by atoms with E-state index in [0.29, 0.717) is 19.3 Å². The highest BCUT2D eigenvalue weighted by atomic mass is 16.7. The van der Waals surface area contributed by atoms with E-state index in [1.54, 1.807) is 0 Å². The van der Waals surface area contributed by atoms with Gasteiger partial charge in [0.15, 0.2) is 24.6 Å². The first-order valence-electron chi connectivity index (χ1n) is 31.3. The van der Waals surface area contributed by atoms with E-state index in [0.717, 1.165) is 122 Å². The molecule has 1 heterocycles. The number of carboxylic acids is 1. The van der Waals surface area contributed by atoms with Crippen LogP contribution in [0, 0.1) is 0 Å². The summed E-state index contributed by atoms with van der Waals surface area (Å²) in [6.45, 7) is 5.89. The van der Waals surface area contributed by atoms with Crippen LogP contribution in [0.2, 0.25) is 0 Å². The first-order chi connectivity index (χ1) is 37.6. The fraction of sp³-hybridized carbons (Fsp3) is 0.785. The van der Waals surface area contributed by atoms with Gasteiger partial charge in [0.05, 0.1) is 6.61 Å². The molecule has 0 spiro atoms. The fourth-order valence-electron chi connectivity index (χ4n) is 9.30. The van der Waals surface area contributed by atoms with Gasteiger partial charge in [-0.1, -0.05) is 236 Å². The Morgan fingerprint density at radius 1 is 0.442 bits per heavy atom. The van der Waals surface area contributed by atoms with Crippen molar-refractivity contribution in [3.05, 3.63) is 60.8 Å². The van der Waals surface area contributed by atoms with Crippen LogP contribution >= 0.6 is 0 Å². The minimum absolute atomic E-state index is 0.0441. The van der Waals surface area contributed by atoms with E-state index in [9.17, 15) is 34.5 Å². The summed E-state index contributed by atoms with van der Waals surface area (Å²) < 4.78 is 28.5. The minimum Gasteiger partial charge on any atom is -0.479 e. The lowest BCUT2D eigenvalue weighted by Crippen LogP contribution is -2.61. The van der Waals surface area contributed by atoms with Crippen molar-refractivity contribution in [2.45, 2.75) is 314 Å². The predicted molar refractivity (Wildman–Crippen MR) is 312 cm³/mol. The van der Waals surface area contributed by atoms with Crippen LogP contribution in [-0.4, -0.2) is 89.2 Å². The molecule has 77 heavy (non-hydrogen) atoms. The molecule has 6 atom stereocenters. The number of hydrogen-bond donors (Lipinski definition) is 3. The topological polar surface area (TPSA) is 175 Å². The molecule has 1 fully saturated rings. The van der Waals surface area contributed by atoms with Crippen LogP contribution in [0.4, 0.5) is 0 Å². The van der Waals surface area contributed by atoms with E-state index in [1.807, 2.05) is 0 Å². The smallest absolute Gasteiger partial charge is 0.335 e. The van der Waals surface area contributed by atoms with Gasteiger partial charge in [-0.3, -0.25) is 14.4 Å². The van der Waals surface area contributed by atoms with Gasteiger partial charge in [0.25, 0.3) is 0 Å². The number of aliphatic hydroxyl groups is 2. The average Bonchev–Trinajstić information content (AvgIpc) is 3.42. The van der Waals surface area contributed by atoms with Crippen LogP contribution in [0.25, 0.3) is 0 Å². The maximum Gasteiger partial charge on any atom is 0.335 e. The Labute approximate surface area is 468 Å². The predicted octanol–water partition coefficient (Wildman–Crippen LogP) is 16.3. The number of rotatable bonds is 53. The van der Waals surface area contributed by atoms with Crippen LogP contribution in [0.15, 0.2) is 60.8 Å². The van der Waals surface area contributed by atoms with Gasteiger partial charge in [0.1, 0.15) is 18.8 Å². The van der Waals surface area contributed by atoms with Crippen LogP contribution in [0.1, 0.15) is 278 Å². The molecule has 1 aliphatic heterocycles. The van der Waals surface area contributed by atoms with Crippen molar-refractivity contribution in [1.29, 1.82) is 0 Å². The van der Waals surface area contributed by atoms with Gasteiger partial charge in [0.2, 0.25) is 0 Å². The third kappa shape index (κ3) is 43.0. The number of allylic oxidation sites excluding steroid dienone is 10. The van der Waals surface area contributed by atoms with Gasteiger partial charge in [-0.05, 0) is 83.5 Å². The summed E-state index contributed by atoms with van der Waals surface area (Å²) in [6.07, 6.45) is 53.2. The zero-order valence-corrected chi connectivity index (χ0v) is 49.0. The summed E-state index contributed by atoms with van der Waals surface area (Å²) in [5.74, 6) is -3.13. The Hall–Kier alpha value is -3.58. The molecule has 0 bridgehead atoms. The van der Waals surface area contributed by atoms with Gasteiger partial charge in [-0.15, -0.1) is 0 Å². The molecule has 1 saturated heterocycles. The van der Waals surface area contributed by atoms with Crippen molar-refractivity contribution < 1.29 is 58.2 Å². The summed E-state index contributed by atoms with van der Waals surface area (Å²) in [5, 5.41) is 31.5. The maximum absolute atomic E-state index is 13.2. The van der Waals surface area contributed by atoms with E-state index in [2.05, 4.69) is 81.5 Å². The molecule has 0 aromatic heterocycles. The molecule has 1 rings (SSSR count). The molecule has 1 aliphatic rings. The van der Waals surface area contributed by atoms with E-state index in [-0.39, 0.29) is 25.9 Å². The fourth-order valence-corrected chi connectivity index (χ4v) is 9.30. The second kappa shape index (κ2) is 53.1. The van der Waals surface area contributed by atoms with E-state index >= 15 is 0 Å². The lowest BCUT2D eigenvalue weighted by molar-refractivity contribution is -0.301. The Morgan fingerprint density at radius 2 is 0.818 bits per heavy atom. The highest BCUT2D eigenvalue weighted by molar-refractivity contribution is 5.74. The quantitative estimate of drug-likeness (QED) is 0.0228. The number of carbonyl (C=O) groups is 4. The van der Waals surface area contributed by atoms with E-state index < -0.39 is 67.3 Å². The molecule has 12 nitrogen and oxygen atoms in total. The molecule has 12 heteroatoms. The van der Waals surface area contributed by atoms with Gasteiger partial charge >= 0.3 is 23.9 Å². The Bertz CT molecular complexity index is 1570.